The summed E-state index contributed by atoms with van der Waals surface area (Å²) in [5, 5.41) is 21.5. The van der Waals surface area contributed by atoms with Crippen molar-refractivity contribution >= 4 is 40.4 Å². The maximum atomic E-state index is 8.93. The minimum atomic E-state index is 0.526. The lowest BCUT2D eigenvalue weighted by atomic mass is 10.1. The number of aromatic nitrogens is 4. The molecule has 10 heteroatoms. The molecule has 0 spiro atoms. The summed E-state index contributed by atoms with van der Waals surface area (Å²) in [6.45, 7) is 4.90. The standard InChI is InChI=1S/C27H29Cl2N7O/c1-2-12-37-13-4-3-5-21-15-25-27(32-11-10-31-26-9-6-19(16-30)17-33-26)34-24(18-36(25)35-21)22-8-7-20(28)14-23(22)29/h6-9,14-15,17-18H,2-5,10-13H2,1H3,(H,31,33)(H,32,34). The van der Waals surface area contributed by atoms with Crippen molar-refractivity contribution in [1.29, 1.82) is 5.26 Å². The zero-order valence-electron chi connectivity index (χ0n) is 20.7. The molecular formula is C27H29Cl2N7O. The van der Waals surface area contributed by atoms with Gasteiger partial charge in [-0.05, 0) is 62.1 Å². The first kappa shape index (κ1) is 26.7. The summed E-state index contributed by atoms with van der Waals surface area (Å²) < 4.78 is 7.44. The van der Waals surface area contributed by atoms with Crippen LogP contribution >= 0.6 is 23.2 Å². The Hall–Kier alpha value is -3.38. The van der Waals surface area contributed by atoms with Crippen LogP contribution in [0.1, 0.15) is 37.4 Å². The number of nitrogens with zero attached hydrogens (tertiary/aromatic N) is 5. The normalized spacial score (nSPS) is 11.0. The second kappa shape index (κ2) is 13.2. The molecule has 0 radical (unpaired) electrons. The van der Waals surface area contributed by atoms with Gasteiger partial charge in [0.25, 0.3) is 0 Å². The van der Waals surface area contributed by atoms with Gasteiger partial charge < -0.3 is 15.4 Å². The van der Waals surface area contributed by atoms with E-state index in [-0.39, 0.29) is 0 Å². The smallest absolute Gasteiger partial charge is 0.152 e. The van der Waals surface area contributed by atoms with Crippen molar-refractivity contribution < 1.29 is 4.74 Å². The van der Waals surface area contributed by atoms with E-state index in [0.717, 1.165) is 55.7 Å². The van der Waals surface area contributed by atoms with Crippen molar-refractivity contribution in [2.45, 2.75) is 32.6 Å². The van der Waals surface area contributed by atoms with Crippen molar-refractivity contribution in [3.63, 3.8) is 0 Å². The van der Waals surface area contributed by atoms with Crippen molar-refractivity contribution in [3.05, 3.63) is 70.1 Å². The molecule has 0 aliphatic heterocycles. The van der Waals surface area contributed by atoms with E-state index in [1.165, 1.54) is 0 Å². The van der Waals surface area contributed by atoms with Gasteiger partial charge in [0, 0.05) is 43.1 Å². The largest absolute Gasteiger partial charge is 0.381 e. The number of aryl methyl sites for hydroxylation is 1. The Kier molecular flexibility index (Phi) is 9.55. The SMILES string of the molecule is CCCOCCCCc1cc2c(NCCNc3ccc(C#N)cn3)nc(-c3ccc(Cl)cc3Cl)cn2n1. The Morgan fingerprint density at radius 1 is 1.05 bits per heavy atom. The third kappa shape index (κ3) is 7.32. The number of pyridine rings is 1. The quantitative estimate of drug-likeness (QED) is 0.194. The van der Waals surface area contributed by atoms with Gasteiger partial charge in [-0.3, -0.25) is 0 Å². The van der Waals surface area contributed by atoms with Crippen molar-refractivity contribution in [2.24, 2.45) is 0 Å². The number of fused-ring (bicyclic) bond motifs is 1. The highest BCUT2D eigenvalue weighted by molar-refractivity contribution is 6.36. The highest BCUT2D eigenvalue weighted by Crippen LogP contribution is 2.31. The van der Waals surface area contributed by atoms with Gasteiger partial charge >= 0.3 is 0 Å². The molecule has 0 saturated heterocycles. The molecule has 0 aliphatic rings. The maximum absolute atomic E-state index is 8.93. The van der Waals surface area contributed by atoms with Crippen LogP contribution in [0.5, 0.6) is 0 Å². The summed E-state index contributed by atoms with van der Waals surface area (Å²) in [6, 6.07) is 13.0. The Bertz CT molecular complexity index is 1370. The summed E-state index contributed by atoms with van der Waals surface area (Å²) in [5.41, 5.74) is 3.89. The molecule has 0 atom stereocenters. The fourth-order valence-electron chi connectivity index (χ4n) is 3.81. The van der Waals surface area contributed by atoms with E-state index in [9.17, 15) is 0 Å². The van der Waals surface area contributed by atoms with E-state index in [2.05, 4.69) is 34.7 Å². The van der Waals surface area contributed by atoms with E-state index < -0.39 is 0 Å². The summed E-state index contributed by atoms with van der Waals surface area (Å²) in [6.07, 6.45) is 7.33. The van der Waals surface area contributed by atoms with Crippen molar-refractivity contribution in [3.8, 4) is 17.3 Å². The number of unbranched alkanes of at least 4 members (excludes halogenated alkanes) is 1. The molecule has 192 valence electrons. The molecule has 8 nitrogen and oxygen atoms in total. The van der Waals surface area contributed by atoms with Gasteiger partial charge in [-0.25, -0.2) is 14.5 Å². The Morgan fingerprint density at radius 3 is 2.68 bits per heavy atom. The van der Waals surface area contributed by atoms with Crippen LogP contribution in [0.25, 0.3) is 16.8 Å². The first-order valence-electron chi connectivity index (χ1n) is 12.3. The molecule has 0 bridgehead atoms. The van der Waals surface area contributed by atoms with E-state index in [0.29, 0.717) is 46.0 Å². The number of anilines is 2. The van der Waals surface area contributed by atoms with E-state index >= 15 is 0 Å². The first-order valence-corrected chi connectivity index (χ1v) is 13.1. The van der Waals surface area contributed by atoms with Crippen LogP contribution in [-0.4, -0.2) is 45.9 Å². The number of nitrogens with one attached hydrogen (secondary N) is 2. The second-order valence-corrected chi connectivity index (χ2v) is 9.37. The Balaban J connectivity index is 1.50. The molecule has 1 aromatic carbocycles. The van der Waals surface area contributed by atoms with Gasteiger partial charge in [0.2, 0.25) is 0 Å². The monoisotopic (exact) mass is 537 g/mol. The predicted molar refractivity (Wildman–Crippen MR) is 148 cm³/mol. The molecule has 3 heterocycles. The molecule has 37 heavy (non-hydrogen) atoms. The molecule has 4 aromatic rings. The van der Waals surface area contributed by atoms with Gasteiger partial charge in [-0.1, -0.05) is 30.1 Å². The number of benzene rings is 1. The average molecular weight is 538 g/mol. The van der Waals surface area contributed by atoms with Crippen LogP contribution in [0.4, 0.5) is 11.6 Å². The molecule has 4 rings (SSSR count). The molecule has 2 N–H and O–H groups in total. The van der Waals surface area contributed by atoms with Gasteiger partial charge in [-0.15, -0.1) is 0 Å². The minimum absolute atomic E-state index is 0.526. The average Bonchev–Trinajstić information content (AvgIpc) is 3.32. The van der Waals surface area contributed by atoms with Crippen LogP contribution < -0.4 is 10.6 Å². The van der Waals surface area contributed by atoms with Gasteiger partial charge in [0.15, 0.2) is 5.82 Å². The minimum Gasteiger partial charge on any atom is -0.381 e. The maximum Gasteiger partial charge on any atom is 0.152 e. The van der Waals surface area contributed by atoms with E-state index in [1.807, 2.05) is 16.8 Å². The van der Waals surface area contributed by atoms with E-state index in [1.54, 1.807) is 30.5 Å². The Morgan fingerprint density at radius 2 is 1.92 bits per heavy atom. The highest BCUT2D eigenvalue weighted by Gasteiger charge is 2.14. The molecule has 0 amide bonds. The van der Waals surface area contributed by atoms with Gasteiger partial charge in [0.05, 0.1) is 28.2 Å². The number of hydrogen-bond acceptors (Lipinski definition) is 7. The predicted octanol–water partition coefficient (Wildman–Crippen LogP) is 6.24. The first-order chi connectivity index (χ1) is 18.1. The van der Waals surface area contributed by atoms with Crippen LogP contribution in [-0.2, 0) is 11.2 Å². The molecular weight excluding hydrogens is 509 g/mol. The zero-order valence-corrected chi connectivity index (χ0v) is 22.2. The third-order valence-electron chi connectivity index (χ3n) is 5.65. The fraction of sp³-hybridized carbons (Fsp3) is 0.333. The zero-order chi connectivity index (χ0) is 26.0. The highest BCUT2D eigenvalue weighted by atomic mass is 35.5. The van der Waals surface area contributed by atoms with Crippen molar-refractivity contribution in [1.82, 2.24) is 19.6 Å². The fourth-order valence-corrected chi connectivity index (χ4v) is 4.32. The third-order valence-corrected chi connectivity index (χ3v) is 6.20. The number of ether oxygens (including phenoxy) is 1. The molecule has 3 aromatic heterocycles. The van der Waals surface area contributed by atoms with Crippen LogP contribution in [0.15, 0.2) is 48.8 Å². The number of nitriles is 1. The van der Waals surface area contributed by atoms with Crippen LogP contribution in [0.3, 0.4) is 0 Å². The lowest BCUT2D eigenvalue weighted by Gasteiger charge is -2.12. The van der Waals surface area contributed by atoms with Gasteiger partial charge in [-0.2, -0.15) is 10.4 Å². The summed E-state index contributed by atoms with van der Waals surface area (Å²) >= 11 is 12.6. The molecule has 0 fully saturated rings. The number of rotatable bonds is 13. The van der Waals surface area contributed by atoms with Crippen LogP contribution in [0, 0.1) is 11.3 Å². The number of halogens is 2. The summed E-state index contributed by atoms with van der Waals surface area (Å²) in [7, 11) is 0. The van der Waals surface area contributed by atoms with Crippen LogP contribution in [0.2, 0.25) is 10.0 Å². The Labute approximate surface area is 226 Å². The summed E-state index contributed by atoms with van der Waals surface area (Å²) in [4.78, 5) is 9.12. The lowest BCUT2D eigenvalue weighted by molar-refractivity contribution is 0.131. The topological polar surface area (TPSA) is 100 Å². The summed E-state index contributed by atoms with van der Waals surface area (Å²) in [5.74, 6) is 1.42. The van der Waals surface area contributed by atoms with E-state index in [4.69, 9.17) is 43.3 Å². The molecule has 0 aliphatic carbocycles. The van der Waals surface area contributed by atoms with Crippen molar-refractivity contribution in [2.75, 3.05) is 36.9 Å². The van der Waals surface area contributed by atoms with Gasteiger partial charge in [0.1, 0.15) is 17.4 Å². The lowest BCUT2D eigenvalue weighted by Crippen LogP contribution is -2.15. The second-order valence-electron chi connectivity index (χ2n) is 8.53. The number of hydrogen-bond donors (Lipinski definition) is 2. The molecule has 0 saturated carbocycles. The molecule has 0 unspecified atom stereocenters.